The topological polar surface area (TPSA) is 101 Å². The molecule has 1 heterocycles. The third-order valence-corrected chi connectivity index (χ3v) is 6.49. The summed E-state index contributed by atoms with van der Waals surface area (Å²) in [4.78, 5) is 10.4. The van der Waals surface area contributed by atoms with Crippen molar-refractivity contribution in [3.05, 3.63) is 16.2 Å². The number of nitro groups is 1. The minimum atomic E-state index is -3.69. The van der Waals surface area contributed by atoms with E-state index in [-0.39, 0.29) is 20.9 Å². The third-order valence-electron chi connectivity index (χ3n) is 3.42. The highest BCUT2D eigenvalue weighted by Crippen LogP contribution is 2.37. The van der Waals surface area contributed by atoms with Crippen LogP contribution in [0.3, 0.4) is 0 Å². The van der Waals surface area contributed by atoms with Gasteiger partial charge in [-0.3, -0.25) is 10.1 Å². The summed E-state index contributed by atoms with van der Waals surface area (Å²) in [5.74, 6) is 0. The molecule has 0 unspecified atom stereocenters. The fraction of sp³-hybridized carbons (Fsp3) is 0.667. The molecule has 1 saturated carbocycles. The van der Waals surface area contributed by atoms with E-state index in [2.05, 4.69) is 10.0 Å². The lowest BCUT2D eigenvalue weighted by atomic mass is 9.96. The normalized spacial score (nSPS) is 16.8. The van der Waals surface area contributed by atoms with Crippen molar-refractivity contribution >= 4 is 32.0 Å². The molecule has 0 radical (unpaired) electrons. The van der Waals surface area contributed by atoms with Crippen molar-refractivity contribution in [1.82, 2.24) is 4.72 Å². The van der Waals surface area contributed by atoms with Gasteiger partial charge in [-0.2, -0.15) is 0 Å². The highest BCUT2D eigenvalue weighted by atomic mass is 32.2. The molecule has 0 spiro atoms. The molecule has 0 aliphatic heterocycles. The van der Waals surface area contributed by atoms with Gasteiger partial charge in [-0.1, -0.05) is 30.6 Å². The molecule has 21 heavy (non-hydrogen) atoms. The number of rotatable bonds is 6. The molecule has 1 aliphatic carbocycles. The Balaban J connectivity index is 2.22. The molecular weight excluding hydrogens is 314 g/mol. The summed E-state index contributed by atoms with van der Waals surface area (Å²) < 4.78 is 27.3. The molecule has 118 valence electrons. The summed E-state index contributed by atoms with van der Waals surface area (Å²) in [6.07, 6.45) is 4.81. The second-order valence-corrected chi connectivity index (χ2v) is 8.02. The Kier molecular flexibility index (Phi) is 5.17. The van der Waals surface area contributed by atoms with Crippen LogP contribution in [0.5, 0.6) is 0 Å². The van der Waals surface area contributed by atoms with E-state index in [0.29, 0.717) is 6.54 Å². The molecule has 9 heteroatoms. The van der Waals surface area contributed by atoms with Crippen LogP contribution in [-0.2, 0) is 10.0 Å². The molecule has 0 amide bonds. The summed E-state index contributed by atoms with van der Waals surface area (Å²) in [5.41, 5.74) is -0.189. The highest BCUT2D eigenvalue weighted by Gasteiger charge is 2.28. The van der Waals surface area contributed by atoms with Gasteiger partial charge in [-0.15, -0.1) is 0 Å². The molecule has 1 aromatic rings. The number of hydrogen-bond acceptors (Lipinski definition) is 6. The molecule has 0 aromatic carbocycles. The van der Waals surface area contributed by atoms with Crippen molar-refractivity contribution in [2.45, 2.75) is 49.3 Å². The average molecular weight is 333 g/mol. The summed E-state index contributed by atoms with van der Waals surface area (Å²) in [6, 6.07) is 1.07. The van der Waals surface area contributed by atoms with Gasteiger partial charge < -0.3 is 5.32 Å². The molecule has 0 saturated heterocycles. The first kappa shape index (κ1) is 16.2. The van der Waals surface area contributed by atoms with Crippen molar-refractivity contribution < 1.29 is 13.3 Å². The van der Waals surface area contributed by atoms with Gasteiger partial charge in [0.25, 0.3) is 10.0 Å². The maximum atomic E-state index is 12.3. The van der Waals surface area contributed by atoms with Crippen molar-refractivity contribution in [1.29, 1.82) is 0 Å². The molecule has 0 atom stereocenters. The zero-order chi connectivity index (χ0) is 15.5. The molecule has 2 N–H and O–H groups in total. The van der Waals surface area contributed by atoms with Gasteiger partial charge >= 0.3 is 5.69 Å². The van der Waals surface area contributed by atoms with E-state index in [9.17, 15) is 18.5 Å². The van der Waals surface area contributed by atoms with Crippen LogP contribution in [0.1, 0.15) is 39.0 Å². The van der Waals surface area contributed by atoms with Crippen LogP contribution < -0.4 is 10.0 Å². The minimum absolute atomic E-state index is 0.00396. The largest absolute Gasteiger partial charge is 0.372 e. The number of hydrogen-bond donors (Lipinski definition) is 2. The van der Waals surface area contributed by atoms with Gasteiger partial charge in [0.05, 0.1) is 4.92 Å². The lowest BCUT2D eigenvalue weighted by Crippen LogP contribution is -2.35. The van der Waals surface area contributed by atoms with Gasteiger partial charge in [0, 0.05) is 18.7 Å². The molecule has 1 aliphatic rings. The van der Waals surface area contributed by atoms with Gasteiger partial charge in [-0.25, -0.2) is 13.1 Å². The van der Waals surface area contributed by atoms with Crippen molar-refractivity contribution in [3.63, 3.8) is 0 Å². The number of nitrogens with zero attached hydrogens (tertiary/aromatic N) is 1. The monoisotopic (exact) mass is 333 g/mol. The summed E-state index contributed by atoms with van der Waals surface area (Å²) >= 11 is 0.905. The van der Waals surface area contributed by atoms with E-state index in [1.165, 1.54) is 0 Å². The zero-order valence-corrected chi connectivity index (χ0v) is 13.4. The first-order chi connectivity index (χ1) is 9.94. The predicted molar refractivity (Wildman–Crippen MR) is 82.3 cm³/mol. The SMILES string of the molecule is CCNc1sc(S(=O)(=O)NC2CCCCC2)cc1[N+](=O)[O-]. The fourth-order valence-corrected chi connectivity index (χ4v) is 5.13. The van der Waals surface area contributed by atoms with Gasteiger partial charge in [0.2, 0.25) is 0 Å². The fourth-order valence-electron chi connectivity index (χ4n) is 2.41. The van der Waals surface area contributed by atoms with E-state index in [0.717, 1.165) is 49.5 Å². The van der Waals surface area contributed by atoms with E-state index in [1.807, 2.05) is 0 Å². The Bertz CT molecular complexity index is 606. The maximum absolute atomic E-state index is 12.3. The third kappa shape index (κ3) is 3.92. The Morgan fingerprint density at radius 1 is 1.38 bits per heavy atom. The molecule has 7 nitrogen and oxygen atoms in total. The second kappa shape index (κ2) is 6.71. The first-order valence-electron chi connectivity index (χ1n) is 6.98. The maximum Gasteiger partial charge on any atom is 0.304 e. The lowest BCUT2D eigenvalue weighted by Gasteiger charge is -2.22. The summed E-state index contributed by atoms with van der Waals surface area (Å²) in [7, 11) is -3.69. The smallest absolute Gasteiger partial charge is 0.304 e. The van der Waals surface area contributed by atoms with Gasteiger partial charge in [0.15, 0.2) is 5.00 Å². The summed E-state index contributed by atoms with van der Waals surface area (Å²) in [5, 5.41) is 14.1. The average Bonchev–Trinajstić information content (AvgIpc) is 2.85. The molecule has 0 bridgehead atoms. The Morgan fingerprint density at radius 2 is 2.05 bits per heavy atom. The van der Waals surface area contributed by atoms with Crippen LogP contribution in [0.2, 0.25) is 0 Å². The second-order valence-electron chi connectivity index (χ2n) is 5.02. The number of sulfonamides is 1. The van der Waals surface area contributed by atoms with Crippen LogP contribution in [0.4, 0.5) is 10.7 Å². The van der Waals surface area contributed by atoms with E-state index in [4.69, 9.17) is 0 Å². The minimum Gasteiger partial charge on any atom is -0.372 e. The van der Waals surface area contributed by atoms with Crippen LogP contribution in [0.25, 0.3) is 0 Å². The first-order valence-corrected chi connectivity index (χ1v) is 9.28. The Hall–Kier alpha value is -1.19. The molecular formula is C12H19N3O4S2. The molecule has 1 fully saturated rings. The lowest BCUT2D eigenvalue weighted by molar-refractivity contribution is -0.383. The van der Waals surface area contributed by atoms with Crippen molar-refractivity contribution in [2.75, 3.05) is 11.9 Å². The Morgan fingerprint density at radius 3 is 2.62 bits per heavy atom. The molecule has 1 aromatic heterocycles. The van der Waals surface area contributed by atoms with Crippen molar-refractivity contribution in [3.8, 4) is 0 Å². The van der Waals surface area contributed by atoms with Crippen molar-refractivity contribution in [2.24, 2.45) is 0 Å². The van der Waals surface area contributed by atoms with Crippen LogP contribution in [0.15, 0.2) is 10.3 Å². The summed E-state index contributed by atoms with van der Waals surface area (Å²) in [6.45, 7) is 2.30. The molecule has 2 rings (SSSR count). The Labute approximate surface area is 127 Å². The zero-order valence-electron chi connectivity index (χ0n) is 11.8. The highest BCUT2D eigenvalue weighted by molar-refractivity contribution is 7.91. The van der Waals surface area contributed by atoms with Crippen LogP contribution >= 0.6 is 11.3 Å². The standard InChI is InChI=1S/C12H19N3O4S2/c1-2-13-12-10(15(16)17)8-11(20-12)21(18,19)14-9-6-4-3-5-7-9/h8-9,13-14H,2-7H2,1H3. The quantitative estimate of drug-likeness (QED) is 0.615. The van der Waals surface area contributed by atoms with E-state index < -0.39 is 14.9 Å². The van der Waals surface area contributed by atoms with Gasteiger partial charge in [0.1, 0.15) is 4.21 Å². The number of thiophene rings is 1. The number of anilines is 1. The van der Waals surface area contributed by atoms with E-state index in [1.54, 1.807) is 6.92 Å². The van der Waals surface area contributed by atoms with Crippen LogP contribution in [-0.4, -0.2) is 25.9 Å². The predicted octanol–water partition coefficient (Wildman–Crippen LogP) is 2.70. The van der Waals surface area contributed by atoms with Gasteiger partial charge in [-0.05, 0) is 19.8 Å². The van der Waals surface area contributed by atoms with E-state index >= 15 is 0 Å². The number of nitrogens with one attached hydrogen (secondary N) is 2. The van der Waals surface area contributed by atoms with Crippen LogP contribution in [0, 0.1) is 10.1 Å².